The smallest absolute Gasteiger partial charge is 0.298 e. The molecule has 0 spiro atoms. The van der Waals surface area contributed by atoms with Gasteiger partial charge in [0.1, 0.15) is 4.90 Å². The highest BCUT2D eigenvalue weighted by Gasteiger charge is 2.18. The molecule has 0 heterocycles. The Morgan fingerprint density at radius 1 is 1.47 bits per heavy atom. The molecule has 0 fully saturated rings. The first-order chi connectivity index (χ1) is 6.46. The summed E-state index contributed by atoms with van der Waals surface area (Å²) in [6.07, 6.45) is 0. The van der Waals surface area contributed by atoms with Crippen LogP contribution < -0.4 is 4.74 Å². The van der Waals surface area contributed by atoms with Crippen molar-refractivity contribution in [3.8, 4) is 5.75 Å². The summed E-state index contributed by atoms with van der Waals surface area (Å²) in [7, 11) is -4.23. The van der Waals surface area contributed by atoms with E-state index < -0.39 is 10.1 Å². The fourth-order valence-corrected chi connectivity index (χ4v) is 2.24. The van der Waals surface area contributed by atoms with Gasteiger partial charge in [0.25, 0.3) is 10.1 Å². The molecular weight excluding hydrogens is 308 g/mol. The first kappa shape index (κ1) is 14.7. The minimum Gasteiger partial charge on any atom is -0.491 e. The lowest BCUT2D eigenvalue weighted by Gasteiger charge is -2.09. The van der Waals surface area contributed by atoms with Gasteiger partial charge in [-0.2, -0.15) is 8.42 Å². The van der Waals surface area contributed by atoms with E-state index in [1.165, 1.54) is 12.1 Å². The second-order valence-corrected chi connectivity index (χ2v) is 4.72. The molecule has 1 aromatic rings. The van der Waals surface area contributed by atoms with Crippen LogP contribution in [-0.2, 0) is 10.1 Å². The van der Waals surface area contributed by atoms with Crippen molar-refractivity contribution in [2.24, 2.45) is 0 Å². The number of hydrogen-bond donors (Lipinski definition) is 1. The van der Waals surface area contributed by atoms with Crippen LogP contribution in [0.25, 0.3) is 0 Å². The van der Waals surface area contributed by atoms with Crippen molar-refractivity contribution in [1.82, 2.24) is 0 Å². The van der Waals surface area contributed by atoms with Gasteiger partial charge in [-0.05, 0) is 35.0 Å². The molecule has 0 amide bonds. The zero-order valence-corrected chi connectivity index (χ0v) is 11.0. The summed E-state index contributed by atoms with van der Waals surface area (Å²) in [6.45, 7) is 2.05. The van der Waals surface area contributed by atoms with Crippen molar-refractivity contribution in [3.05, 3.63) is 22.7 Å². The Morgan fingerprint density at radius 2 is 2.07 bits per heavy atom. The van der Waals surface area contributed by atoms with Gasteiger partial charge in [-0.1, -0.05) is 6.07 Å². The molecule has 1 aromatic carbocycles. The van der Waals surface area contributed by atoms with Crippen LogP contribution in [0.4, 0.5) is 0 Å². The Labute approximate surface area is 103 Å². The van der Waals surface area contributed by atoms with Crippen molar-refractivity contribution in [2.75, 3.05) is 6.61 Å². The van der Waals surface area contributed by atoms with Crippen molar-refractivity contribution in [1.29, 1.82) is 0 Å². The first-order valence-electron chi connectivity index (χ1n) is 3.85. The second-order valence-electron chi connectivity index (χ2n) is 2.48. The molecule has 0 saturated carbocycles. The zero-order chi connectivity index (χ0) is 10.8. The molecule has 0 aliphatic rings. The largest absolute Gasteiger partial charge is 0.491 e. The monoisotopic (exact) mass is 316 g/mol. The van der Waals surface area contributed by atoms with Gasteiger partial charge in [0.2, 0.25) is 0 Å². The fraction of sp³-hybridized carbons (Fsp3) is 0.250. The van der Waals surface area contributed by atoms with Crippen molar-refractivity contribution in [3.63, 3.8) is 0 Å². The average molecular weight is 318 g/mol. The van der Waals surface area contributed by atoms with Crippen LogP contribution in [0.2, 0.25) is 0 Å². The number of ether oxygens (including phenoxy) is 1. The molecule has 0 aromatic heterocycles. The standard InChI is InChI=1S/C8H9BrO4S.ClH/c1-2-13-8-6(9)4-3-5-7(8)14(10,11)12;/h3-5H,2H2,1H3,(H,10,11,12);1H. The molecule has 0 aliphatic carbocycles. The van der Waals surface area contributed by atoms with Crippen LogP contribution in [0.3, 0.4) is 0 Å². The van der Waals surface area contributed by atoms with Gasteiger partial charge in [-0.3, -0.25) is 4.55 Å². The summed E-state index contributed by atoms with van der Waals surface area (Å²) >= 11 is 3.14. The molecule has 0 atom stereocenters. The number of para-hydroxylation sites is 1. The van der Waals surface area contributed by atoms with E-state index >= 15 is 0 Å². The van der Waals surface area contributed by atoms with E-state index in [1.54, 1.807) is 13.0 Å². The van der Waals surface area contributed by atoms with Gasteiger partial charge in [0.05, 0.1) is 11.1 Å². The van der Waals surface area contributed by atoms with E-state index in [9.17, 15) is 8.42 Å². The third kappa shape index (κ3) is 3.64. The Kier molecular flexibility index (Phi) is 5.58. The van der Waals surface area contributed by atoms with Crippen LogP contribution in [0.5, 0.6) is 5.75 Å². The van der Waals surface area contributed by atoms with E-state index in [2.05, 4.69) is 15.9 Å². The number of benzene rings is 1. The highest BCUT2D eigenvalue weighted by molar-refractivity contribution is 9.10. The predicted molar refractivity (Wildman–Crippen MR) is 62.4 cm³/mol. The summed E-state index contributed by atoms with van der Waals surface area (Å²) in [5.74, 6) is 0.137. The van der Waals surface area contributed by atoms with Crippen LogP contribution in [0, 0.1) is 0 Å². The van der Waals surface area contributed by atoms with Gasteiger partial charge < -0.3 is 4.74 Å². The lowest BCUT2D eigenvalue weighted by molar-refractivity contribution is 0.327. The molecule has 1 N–H and O–H groups in total. The van der Waals surface area contributed by atoms with Crippen LogP contribution >= 0.6 is 28.3 Å². The van der Waals surface area contributed by atoms with E-state index in [1.807, 2.05) is 0 Å². The van der Waals surface area contributed by atoms with Gasteiger partial charge >= 0.3 is 0 Å². The van der Waals surface area contributed by atoms with Gasteiger partial charge in [0.15, 0.2) is 5.75 Å². The van der Waals surface area contributed by atoms with Crippen LogP contribution in [0.15, 0.2) is 27.6 Å². The molecule has 0 aliphatic heterocycles. The summed E-state index contributed by atoms with van der Waals surface area (Å²) in [6, 6.07) is 4.43. The molecule has 0 radical (unpaired) electrons. The van der Waals surface area contributed by atoms with Gasteiger partial charge in [-0.15, -0.1) is 12.4 Å². The van der Waals surface area contributed by atoms with E-state index in [4.69, 9.17) is 9.29 Å². The first-order valence-corrected chi connectivity index (χ1v) is 6.09. The Balaban J connectivity index is 0.00000196. The van der Waals surface area contributed by atoms with Crippen molar-refractivity contribution in [2.45, 2.75) is 11.8 Å². The molecular formula is C8H10BrClO4S. The maximum Gasteiger partial charge on any atom is 0.298 e. The lowest BCUT2D eigenvalue weighted by atomic mass is 10.3. The average Bonchev–Trinajstić information content (AvgIpc) is 2.07. The molecule has 0 unspecified atom stereocenters. The quantitative estimate of drug-likeness (QED) is 0.870. The zero-order valence-electron chi connectivity index (χ0n) is 7.81. The maximum absolute atomic E-state index is 10.9. The van der Waals surface area contributed by atoms with Gasteiger partial charge in [-0.25, -0.2) is 0 Å². The molecule has 0 bridgehead atoms. The minimum absolute atomic E-state index is 0. The third-order valence-electron chi connectivity index (χ3n) is 1.50. The van der Waals surface area contributed by atoms with E-state index in [0.717, 1.165) is 0 Å². The lowest BCUT2D eigenvalue weighted by Crippen LogP contribution is -2.03. The summed E-state index contributed by atoms with van der Waals surface area (Å²) in [4.78, 5) is -0.228. The van der Waals surface area contributed by atoms with Gasteiger partial charge in [0, 0.05) is 0 Å². The molecule has 15 heavy (non-hydrogen) atoms. The molecule has 4 nitrogen and oxygen atoms in total. The summed E-state index contributed by atoms with van der Waals surface area (Å²) < 4.78 is 36.4. The van der Waals surface area contributed by atoms with E-state index in [-0.39, 0.29) is 23.1 Å². The summed E-state index contributed by atoms with van der Waals surface area (Å²) in [5.41, 5.74) is 0. The third-order valence-corrected chi connectivity index (χ3v) is 3.00. The van der Waals surface area contributed by atoms with Crippen molar-refractivity contribution >= 4 is 38.5 Å². The van der Waals surface area contributed by atoms with Crippen molar-refractivity contribution < 1.29 is 17.7 Å². The minimum atomic E-state index is -4.23. The SMILES string of the molecule is CCOc1c(Br)cccc1S(=O)(=O)O.Cl. The maximum atomic E-state index is 10.9. The summed E-state index contributed by atoms with van der Waals surface area (Å²) in [5, 5.41) is 0. The molecule has 86 valence electrons. The normalized spacial score (nSPS) is 10.6. The van der Waals surface area contributed by atoms with Crippen LogP contribution in [0.1, 0.15) is 6.92 Å². The highest BCUT2D eigenvalue weighted by atomic mass is 79.9. The number of halogens is 2. The predicted octanol–water partition coefficient (Wildman–Crippen LogP) is 2.52. The number of hydrogen-bond acceptors (Lipinski definition) is 3. The Morgan fingerprint density at radius 3 is 2.53 bits per heavy atom. The topological polar surface area (TPSA) is 63.6 Å². The number of rotatable bonds is 3. The molecule has 0 saturated heterocycles. The Hall–Kier alpha value is -0.300. The molecule has 1 rings (SSSR count). The fourth-order valence-electron chi connectivity index (χ4n) is 0.977. The van der Waals surface area contributed by atoms with Crippen LogP contribution in [-0.4, -0.2) is 19.6 Å². The highest BCUT2D eigenvalue weighted by Crippen LogP contribution is 2.31. The Bertz CT molecular complexity index is 432. The second kappa shape index (κ2) is 5.69. The van der Waals surface area contributed by atoms with E-state index in [0.29, 0.717) is 11.1 Å². The molecule has 7 heteroatoms.